The first-order chi connectivity index (χ1) is 20.8. The van der Waals surface area contributed by atoms with Gasteiger partial charge in [0.1, 0.15) is 22.6 Å². The molecule has 11 heteroatoms. The molecule has 3 N–H and O–H groups in total. The van der Waals surface area contributed by atoms with E-state index in [-0.39, 0.29) is 23.7 Å². The van der Waals surface area contributed by atoms with Crippen molar-refractivity contribution in [3.8, 4) is 28.7 Å². The highest BCUT2D eigenvalue weighted by Crippen LogP contribution is 2.40. The van der Waals surface area contributed by atoms with Gasteiger partial charge in [-0.05, 0) is 67.9 Å². The number of aryl methyl sites for hydroxylation is 1. The van der Waals surface area contributed by atoms with Crippen LogP contribution in [0.1, 0.15) is 36.0 Å². The Hall–Kier alpha value is -4.51. The first-order valence-electron chi connectivity index (χ1n) is 14.8. The normalized spacial score (nSPS) is 21.4. The Morgan fingerprint density at radius 1 is 1.14 bits per heavy atom. The Labute approximate surface area is 246 Å². The summed E-state index contributed by atoms with van der Waals surface area (Å²) < 4.78 is 24.7. The molecule has 3 aliphatic rings. The van der Waals surface area contributed by atoms with Crippen LogP contribution in [-0.4, -0.2) is 60.6 Å². The van der Waals surface area contributed by atoms with Gasteiger partial charge in [-0.2, -0.15) is 0 Å². The third kappa shape index (κ3) is 4.01. The molecular weight excluding hydrogens is 549 g/mol. The van der Waals surface area contributed by atoms with Gasteiger partial charge in [-0.15, -0.1) is 0 Å². The molecule has 1 saturated heterocycles. The lowest BCUT2D eigenvalue weighted by Crippen LogP contribution is -2.41. The number of likely N-dealkylation sites (tertiary alicyclic amines) is 1. The van der Waals surface area contributed by atoms with Crippen molar-refractivity contribution in [2.45, 2.75) is 44.3 Å². The smallest absolute Gasteiger partial charge is 0.254 e. The van der Waals surface area contributed by atoms with Gasteiger partial charge in [0.25, 0.3) is 5.91 Å². The van der Waals surface area contributed by atoms with Crippen molar-refractivity contribution in [3.63, 3.8) is 0 Å². The fraction of sp³-hybridized carbons (Fsp3) is 0.375. The zero-order valence-electron chi connectivity index (χ0n) is 24.0. The summed E-state index contributed by atoms with van der Waals surface area (Å²) in [5, 5.41) is 0.883. The number of pyridine rings is 2. The number of benzene rings is 1. The number of rotatable bonds is 6. The van der Waals surface area contributed by atoms with E-state index in [1.54, 1.807) is 19.2 Å². The summed E-state index contributed by atoms with van der Waals surface area (Å²) in [7, 11) is 3.54. The van der Waals surface area contributed by atoms with Crippen LogP contribution < -0.4 is 15.9 Å². The number of H-pyrrole nitrogens is 1. The number of aromatic amines is 1. The third-order valence-corrected chi connectivity index (χ3v) is 9.58. The molecule has 8 rings (SSSR count). The molecule has 5 aromatic rings. The number of aromatic nitrogens is 5. The molecule has 3 unspecified atom stereocenters. The number of carbonyl (C=O) groups is 1. The van der Waals surface area contributed by atoms with Crippen LogP contribution in [0.4, 0.5) is 4.39 Å². The van der Waals surface area contributed by atoms with E-state index < -0.39 is 11.2 Å². The Kier molecular flexibility index (Phi) is 5.78. The summed E-state index contributed by atoms with van der Waals surface area (Å²) in [6.07, 6.45) is 5.70. The molecule has 10 nitrogen and oxygen atoms in total. The monoisotopic (exact) mass is 581 g/mol. The minimum atomic E-state index is -0.855. The molecule has 2 bridgehead atoms. The second kappa shape index (κ2) is 9.50. The number of ether oxygens (including phenoxy) is 1. The Bertz CT molecular complexity index is 2010. The predicted molar refractivity (Wildman–Crippen MR) is 160 cm³/mol. The van der Waals surface area contributed by atoms with Crippen LogP contribution >= 0.6 is 0 Å². The number of piperidine rings is 1. The summed E-state index contributed by atoms with van der Waals surface area (Å²) in [5.74, 6) is 1.27. The molecule has 43 heavy (non-hydrogen) atoms. The summed E-state index contributed by atoms with van der Waals surface area (Å²) in [6, 6.07) is 10.6. The minimum absolute atomic E-state index is 0.0390. The van der Waals surface area contributed by atoms with Gasteiger partial charge in [-0.25, -0.2) is 14.4 Å². The van der Waals surface area contributed by atoms with Gasteiger partial charge in [-0.3, -0.25) is 9.59 Å². The number of imidazole rings is 1. The fourth-order valence-electron chi connectivity index (χ4n) is 7.11. The molecule has 2 aliphatic carbocycles. The van der Waals surface area contributed by atoms with E-state index in [0.717, 1.165) is 54.9 Å². The number of nitrogens with two attached hydrogens (primary N) is 1. The van der Waals surface area contributed by atoms with Crippen molar-refractivity contribution in [2.24, 2.45) is 24.6 Å². The molecule has 3 fully saturated rings. The zero-order chi connectivity index (χ0) is 29.6. The second-order valence-corrected chi connectivity index (χ2v) is 12.2. The quantitative estimate of drug-likeness (QED) is 0.312. The Morgan fingerprint density at radius 2 is 1.98 bits per heavy atom. The van der Waals surface area contributed by atoms with Gasteiger partial charge in [0.05, 0.1) is 24.0 Å². The predicted octanol–water partition coefficient (Wildman–Crippen LogP) is 4.06. The average Bonchev–Trinajstić information content (AvgIpc) is 3.42. The van der Waals surface area contributed by atoms with E-state index in [1.165, 1.54) is 6.20 Å². The van der Waals surface area contributed by atoms with Gasteiger partial charge in [0.15, 0.2) is 11.6 Å². The number of nitrogens with one attached hydrogen (secondary N) is 1. The van der Waals surface area contributed by atoms with Crippen LogP contribution in [0, 0.1) is 17.7 Å². The number of nitrogens with zero attached hydrogens (tertiary/aromatic N) is 5. The van der Waals surface area contributed by atoms with Gasteiger partial charge < -0.3 is 29.5 Å². The maximum Gasteiger partial charge on any atom is 0.254 e. The Balaban J connectivity index is 1.25. The van der Waals surface area contributed by atoms with Gasteiger partial charge in [0, 0.05) is 55.4 Å². The first-order valence-corrected chi connectivity index (χ1v) is 14.8. The lowest BCUT2D eigenvalue weighted by atomic mass is 10.1. The highest BCUT2D eigenvalue weighted by molar-refractivity contribution is 6.00. The summed E-state index contributed by atoms with van der Waals surface area (Å²) in [6.45, 7) is 1.43. The van der Waals surface area contributed by atoms with Crippen LogP contribution in [0.15, 0.2) is 47.4 Å². The molecule has 1 aromatic carbocycles. The van der Waals surface area contributed by atoms with E-state index >= 15 is 0 Å². The number of halogens is 1. The molecule has 5 heterocycles. The standard InChI is InChI=1S/C32H32FN7O3/c1-38-29-21(11-19(13-25(29)43-2)32(42)40-15-18-6-8-22(40)27(18)34)37-31(38)23-12-17-5-7-20(28-26(33)24(41)9-10-35-28)36-30(17)39(23)14-16-3-4-16/h5,7,9-13,16,18,22,27H,3-4,6,8,14-15,34H2,1-2H3,(H,35,41). The van der Waals surface area contributed by atoms with Crippen molar-refractivity contribution < 1.29 is 13.9 Å². The molecule has 4 aromatic heterocycles. The highest BCUT2D eigenvalue weighted by Gasteiger charge is 2.47. The van der Waals surface area contributed by atoms with Crippen molar-refractivity contribution in [3.05, 3.63) is 64.2 Å². The van der Waals surface area contributed by atoms with E-state index in [4.69, 9.17) is 20.4 Å². The molecule has 1 amide bonds. The molecule has 2 saturated carbocycles. The van der Waals surface area contributed by atoms with E-state index in [0.29, 0.717) is 52.4 Å². The van der Waals surface area contributed by atoms with Crippen molar-refractivity contribution in [2.75, 3.05) is 13.7 Å². The average molecular weight is 582 g/mol. The fourth-order valence-corrected chi connectivity index (χ4v) is 7.11. The molecule has 1 aliphatic heterocycles. The van der Waals surface area contributed by atoms with Gasteiger partial charge in [-0.1, -0.05) is 0 Å². The van der Waals surface area contributed by atoms with Crippen molar-refractivity contribution >= 4 is 28.0 Å². The number of amides is 1. The maximum atomic E-state index is 14.7. The number of methoxy groups -OCH3 is 1. The van der Waals surface area contributed by atoms with Crippen LogP contribution in [0.5, 0.6) is 5.75 Å². The van der Waals surface area contributed by atoms with E-state index in [2.05, 4.69) is 9.55 Å². The van der Waals surface area contributed by atoms with Gasteiger partial charge >= 0.3 is 0 Å². The largest absolute Gasteiger partial charge is 0.494 e. The van der Waals surface area contributed by atoms with Crippen LogP contribution in [0.2, 0.25) is 0 Å². The second-order valence-electron chi connectivity index (χ2n) is 12.2. The minimum Gasteiger partial charge on any atom is -0.494 e. The van der Waals surface area contributed by atoms with E-state index in [9.17, 15) is 14.0 Å². The first kappa shape index (κ1) is 26.1. The van der Waals surface area contributed by atoms with Crippen molar-refractivity contribution in [1.29, 1.82) is 0 Å². The third-order valence-electron chi connectivity index (χ3n) is 9.58. The summed E-state index contributed by atoms with van der Waals surface area (Å²) >= 11 is 0. The SMILES string of the molecule is COc1cc(C(=O)N2CC3CCC2C3N)cc2nc(-c3cc4ccc(-c5[nH]ccc(=O)c5F)nc4n3CC3CC3)n(C)c12. The van der Waals surface area contributed by atoms with Crippen molar-refractivity contribution in [1.82, 2.24) is 29.0 Å². The zero-order valence-corrected chi connectivity index (χ0v) is 24.0. The molecule has 220 valence electrons. The number of carbonyl (C=O) groups excluding carboxylic acids is 1. The molecule has 0 spiro atoms. The summed E-state index contributed by atoms with van der Waals surface area (Å²) in [5.41, 5.74) is 9.67. The topological polar surface area (TPSA) is 124 Å². The lowest BCUT2D eigenvalue weighted by Gasteiger charge is -2.27. The van der Waals surface area contributed by atoms with Crippen LogP contribution in [0.3, 0.4) is 0 Å². The summed E-state index contributed by atoms with van der Waals surface area (Å²) in [4.78, 5) is 40.3. The molecule has 3 atom stereocenters. The Morgan fingerprint density at radius 3 is 2.70 bits per heavy atom. The maximum absolute atomic E-state index is 14.7. The van der Waals surface area contributed by atoms with E-state index in [1.807, 2.05) is 34.7 Å². The van der Waals surface area contributed by atoms with Crippen LogP contribution in [-0.2, 0) is 13.6 Å². The van der Waals surface area contributed by atoms with Crippen LogP contribution in [0.25, 0.3) is 45.0 Å². The van der Waals surface area contributed by atoms with Gasteiger partial charge in [0.2, 0.25) is 5.43 Å². The highest BCUT2D eigenvalue weighted by atomic mass is 19.1. The molecular formula is C32H32FN7O3. The lowest BCUT2D eigenvalue weighted by molar-refractivity contribution is 0.0700. The number of hydrogen-bond acceptors (Lipinski definition) is 6. The molecule has 0 radical (unpaired) electrons. The number of hydrogen-bond donors (Lipinski definition) is 2. The number of fused-ring (bicyclic) bond motifs is 4.